The van der Waals surface area contributed by atoms with Crippen molar-refractivity contribution in [3.05, 3.63) is 144 Å². The van der Waals surface area contributed by atoms with E-state index in [9.17, 15) is 0 Å². The number of halogens is 2. The predicted molar refractivity (Wildman–Crippen MR) is 118 cm³/mol. The van der Waals surface area contributed by atoms with Crippen LogP contribution in [0.3, 0.4) is 0 Å². The maximum absolute atomic E-state index is 2.26. The summed E-state index contributed by atoms with van der Waals surface area (Å²) in [5.41, 5.74) is 6.33. The average Bonchev–Trinajstić information content (AvgIpc) is 2.77. The van der Waals surface area contributed by atoms with Crippen LogP contribution in [0.15, 0.2) is 121 Å². The summed E-state index contributed by atoms with van der Waals surface area (Å²) in [4.78, 5) is 0. The number of hydrogen-bond donors (Lipinski definition) is 0. The van der Waals surface area contributed by atoms with Crippen molar-refractivity contribution in [1.82, 2.24) is 0 Å². The van der Waals surface area contributed by atoms with Crippen LogP contribution < -0.4 is 24.8 Å². The van der Waals surface area contributed by atoms with Crippen molar-refractivity contribution >= 4 is 8.58 Å². The maximum atomic E-state index is 2.26. The molecule has 30 heavy (non-hydrogen) atoms. The summed E-state index contributed by atoms with van der Waals surface area (Å²) in [6, 6.07) is 43.7. The van der Waals surface area contributed by atoms with Crippen LogP contribution in [0.1, 0.15) is 33.6 Å². The largest absolute Gasteiger partial charge is 2.00 e. The molecule has 0 aliphatic heterocycles. The van der Waals surface area contributed by atoms with Crippen molar-refractivity contribution < 1.29 is 45.2 Å². The van der Waals surface area contributed by atoms with E-state index >= 15 is 0 Å². The van der Waals surface area contributed by atoms with Crippen LogP contribution in [0.25, 0.3) is 0 Å². The molecule has 0 fully saturated rings. The third kappa shape index (κ3) is 6.78. The molecular weight excluding hydrogens is 521 g/mol. The standard InChI is InChI=1S/C26H23P.2ClH.Pd/c1-5-13-21(14-6-1)25(22-15-7-2-8-16-22)27-26(23-17-9-3-10-18-23)24-19-11-4-12-20-24;;;/h1-20,25-27H;2*1H;/q;;;+2/p-2. The molecule has 0 bridgehead atoms. The predicted octanol–water partition coefficient (Wildman–Crippen LogP) is 1.25. The second-order valence-electron chi connectivity index (χ2n) is 6.68. The Morgan fingerprint density at radius 2 is 0.567 bits per heavy atom. The van der Waals surface area contributed by atoms with E-state index in [4.69, 9.17) is 0 Å². The first-order valence-corrected chi connectivity index (χ1v) is 10.5. The quantitative estimate of drug-likeness (QED) is 0.254. The smallest absolute Gasteiger partial charge is 1.00 e. The molecule has 0 radical (unpaired) electrons. The Bertz CT molecular complexity index is 791. The van der Waals surface area contributed by atoms with Gasteiger partial charge in [-0.25, -0.2) is 0 Å². The van der Waals surface area contributed by atoms with E-state index in [1.807, 2.05) is 0 Å². The Balaban J connectivity index is 0.00000150. The van der Waals surface area contributed by atoms with Gasteiger partial charge in [0.1, 0.15) is 0 Å². The topological polar surface area (TPSA) is 0 Å². The van der Waals surface area contributed by atoms with Crippen LogP contribution in [-0.2, 0) is 20.4 Å². The van der Waals surface area contributed by atoms with Crippen LogP contribution in [0.2, 0.25) is 0 Å². The van der Waals surface area contributed by atoms with E-state index in [1.54, 1.807) is 0 Å². The van der Waals surface area contributed by atoms with E-state index in [0.29, 0.717) is 11.3 Å². The van der Waals surface area contributed by atoms with Crippen molar-refractivity contribution in [2.24, 2.45) is 0 Å². The van der Waals surface area contributed by atoms with Crippen LogP contribution in [0.4, 0.5) is 0 Å². The molecule has 4 aromatic rings. The summed E-state index contributed by atoms with van der Waals surface area (Å²) in [6.45, 7) is 0. The summed E-state index contributed by atoms with van der Waals surface area (Å²) >= 11 is 0. The zero-order chi connectivity index (χ0) is 18.3. The van der Waals surface area contributed by atoms with Crippen LogP contribution >= 0.6 is 8.58 Å². The molecule has 156 valence electrons. The number of hydrogen-bond acceptors (Lipinski definition) is 0. The zero-order valence-electron chi connectivity index (χ0n) is 16.3. The van der Waals surface area contributed by atoms with Crippen molar-refractivity contribution in [2.75, 3.05) is 0 Å². The fraction of sp³-hybridized carbons (Fsp3) is 0.0769. The minimum Gasteiger partial charge on any atom is -1.00 e. The van der Waals surface area contributed by atoms with Gasteiger partial charge in [0.25, 0.3) is 0 Å². The molecule has 0 amide bonds. The molecule has 0 aliphatic rings. The van der Waals surface area contributed by atoms with Crippen molar-refractivity contribution in [2.45, 2.75) is 11.3 Å². The molecule has 4 aromatic carbocycles. The van der Waals surface area contributed by atoms with Gasteiger partial charge in [0, 0.05) is 11.3 Å². The van der Waals surface area contributed by atoms with Crippen LogP contribution in [0.5, 0.6) is 0 Å². The molecule has 0 heterocycles. The summed E-state index contributed by atoms with van der Waals surface area (Å²) in [6.07, 6.45) is 0. The summed E-state index contributed by atoms with van der Waals surface area (Å²) in [5.74, 6) is 0. The summed E-state index contributed by atoms with van der Waals surface area (Å²) in [5, 5.41) is 0. The minimum atomic E-state index is 0. The van der Waals surface area contributed by atoms with E-state index in [0.717, 1.165) is 8.58 Å². The van der Waals surface area contributed by atoms with E-state index in [1.165, 1.54) is 22.3 Å². The fourth-order valence-corrected chi connectivity index (χ4v) is 5.39. The van der Waals surface area contributed by atoms with Gasteiger partial charge in [0.15, 0.2) is 0 Å². The molecule has 0 saturated heterocycles. The van der Waals surface area contributed by atoms with Crippen LogP contribution in [-0.4, -0.2) is 0 Å². The molecule has 0 saturated carbocycles. The molecule has 0 N–H and O–H groups in total. The molecule has 0 aliphatic carbocycles. The Hall–Kier alpha value is -1.45. The van der Waals surface area contributed by atoms with Crippen LogP contribution in [0, 0.1) is 0 Å². The number of benzene rings is 4. The van der Waals surface area contributed by atoms with Crippen molar-refractivity contribution in [3.8, 4) is 0 Å². The van der Waals surface area contributed by atoms with Gasteiger partial charge in [-0.1, -0.05) is 130 Å². The monoisotopic (exact) mass is 542 g/mol. The van der Waals surface area contributed by atoms with Gasteiger partial charge >= 0.3 is 20.4 Å². The normalized spacial score (nSPS) is 9.93. The van der Waals surface area contributed by atoms with Gasteiger partial charge in [-0.3, -0.25) is 0 Å². The molecule has 0 unspecified atom stereocenters. The van der Waals surface area contributed by atoms with E-state index < -0.39 is 0 Å². The third-order valence-corrected chi connectivity index (χ3v) is 6.86. The van der Waals surface area contributed by atoms with Gasteiger partial charge in [-0.15, -0.1) is 0 Å². The number of rotatable bonds is 6. The summed E-state index contributed by atoms with van der Waals surface area (Å²) in [7, 11) is 0.724. The third-order valence-electron chi connectivity index (χ3n) is 4.86. The van der Waals surface area contributed by atoms with E-state index in [2.05, 4.69) is 121 Å². The van der Waals surface area contributed by atoms with Gasteiger partial charge < -0.3 is 24.8 Å². The first kappa shape index (κ1) is 26.6. The summed E-state index contributed by atoms with van der Waals surface area (Å²) < 4.78 is 0. The zero-order valence-corrected chi connectivity index (χ0v) is 20.3. The second kappa shape index (κ2) is 13.8. The SMILES string of the molecule is [Cl-].[Cl-].[Pd+2].c1ccc(C(PC(c2ccccc2)c2ccccc2)c2ccccc2)cc1. The minimum absolute atomic E-state index is 0. The first-order valence-electron chi connectivity index (χ1n) is 9.37. The Morgan fingerprint density at radius 3 is 0.767 bits per heavy atom. The molecule has 0 spiro atoms. The Kier molecular flexibility index (Phi) is 12.2. The molecule has 4 rings (SSSR count). The van der Waals surface area contributed by atoms with Gasteiger partial charge in [-0.2, -0.15) is 0 Å². The van der Waals surface area contributed by atoms with Gasteiger partial charge in [0.2, 0.25) is 0 Å². The maximum Gasteiger partial charge on any atom is 2.00 e. The Labute approximate surface area is 207 Å². The first-order chi connectivity index (χ1) is 13.4. The molecular formula is C26H23Cl2PPd. The molecule has 0 aromatic heterocycles. The van der Waals surface area contributed by atoms with Crippen molar-refractivity contribution in [1.29, 1.82) is 0 Å². The second-order valence-corrected chi connectivity index (χ2v) is 8.16. The molecule has 4 heteroatoms. The van der Waals surface area contributed by atoms with Gasteiger partial charge in [-0.05, 0) is 22.3 Å². The fourth-order valence-electron chi connectivity index (χ4n) is 3.52. The van der Waals surface area contributed by atoms with Gasteiger partial charge in [0.05, 0.1) is 0 Å². The molecule has 0 atom stereocenters. The average molecular weight is 544 g/mol. The van der Waals surface area contributed by atoms with E-state index in [-0.39, 0.29) is 45.2 Å². The Morgan fingerprint density at radius 1 is 0.367 bits per heavy atom. The van der Waals surface area contributed by atoms with Crippen molar-refractivity contribution in [3.63, 3.8) is 0 Å². The molecule has 0 nitrogen and oxygen atoms in total.